The molecule has 0 saturated heterocycles. The van der Waals surface area contributed by atoms with Gasteiger partial charge in [-0.25, -0.2) is 12.8 Å². The highest BCUT2D eigenvalue weighted by Crippen LogP contribution is 2.40. The van der Waals surface area contributed by atoms with Crippen LogP contribution in [0.15, 0.2) is 54.6 Å². The molecule has 11 heteroatoms. The lowest BCUT2D eigenvalue weighted by atomic mass is 9.99. The van der Waals surface area contributed by atoms with Crippen molar-refractivity contribution in [1.29, 1.82) is 0 Å². The van der Waals surface area contributed by atoms with Crippen molar-refractivity contribution in [2.75, 3.05) is 5.73 Å². The number of aryl methyl sites for hydroxylation is 1. The Morgan fingerprint density at radius 2 is 1.58 bits per heavy atom. The Morgan fingerprint density at radius 3 is 2.15 bits per heavy atom. The van der Waals surface area contributed by atoms with Crippen molar-refractivity contribution in [2.24, 2.45) is 0 Å². The summed E-state index contributed by atoms with van der Waals surface area (Å²) in [6, 6.07) is 10.8. The predicted octanol–water partition coefficient (Wildman–Crippen LogP) is 5.55. The third kappa shape index (κ3) is 3.67. The van der Waals surface area contributed by atoms with Crippen LogP contribution in [0.1, 0.15) is 5.56 Å². The number of aromatic hydroxyl groups is 1. The Bertz CT molecular complexity index is 1500. The molecule has 3 N–H and O–H groups in total. The summed E-state index contributed by atoms with van der Waals surface area (Å²) in [6.07, 6.45) is 0. The molecule has 1 heterocycles. The number of benzene rings is 3. The molecule has 0 fully saturated rings. The van der Waals surface area contributed by atoms with Crippen molar-refractivity contribution in [3.8, 4) is 28.1 Å². The van der Waals surface area contributed by atoms with E-state index in [1.807, 2.05) is 0 Å². The van der Waals surface area contributed by atoms with Gasteiger partial charge < -0.3 is 10.8 Å². The zero-order valence-corrected chi connectivity index (χ0v) is 17.6. The summed E-state index contributed by atoms with van der Waals surface area (Å²) < 4.78 is 94.1. The van der Waals surface area contributed by atoms with Crippen LogP contribution >= 0.6 is 0 Å². The molecule has 0 unspecified atom stereocenters. The fraction of sp³-hybridized carbons (Fsp3) is 0.0909. The van der Waals surface area contributed by atoms with E-state index in [1.165, 1.54) is 12.1 Å². The molecular formula is C22H15F5N2O3S. The van der Waals surface area contributed by atoms with Gasteiger partial charge in [0.05, 0.1) is 16.8 Å². The van der Waals surface area contributed by atoms with Gasteiger partial charge >= 0.3 is 15.5 Å². The van der Waals surface area contributed by atoms with Crippen molar-refractivity contribution in [2.45, 2.75) is 12.4 Å². The first kappa shape index (κ1) is 22.6. The summed E-state index contributed by atoms with van der Waals surface area (Å²) in [7, 11) is -6.07. The highest BCUT2D eigenvalue weighted by atomic mass is 32.2. The van der Waals surface area contributed by atoms with Gasteiger partial charge in [-0.3, -0.25) is 0 Å². The maximum Gasteiger partial charge on any atom is 0.517 e. The van der Waals surface area contributed by atoms with Gasteiger partial charge in [0.1, 0.15) is 17.4 Å². The molecule has 1 aromatic heterocycles. The fourth-order valence-electron chi connectivity index (χ4n) is 3.71. The average Bonchev–Trinajstić information content (AvgIpc) is 3.04. The fourth-order valence-corrected chi connectivity index (χ4v) is 4.74. The molecule has 0 saturated carbocycles. The van der Waals surface area contributed by atoms with Crippen LogP contribution in [0, 0.1) is 18.6 Å². The largest absolute Gasteiger partial charge is 0.517 e. The molecule has 172 valence electrons. The maximum absolute atomic E-state index is 14.5. The van der Waals surface area contributed by atoms with Gasteiger partial charge in [-0.05, 0) is 53.9 Å². The number of aromatic nitrogens is 1. The minimum Gasteiger partial charge on any atom is -0.508 e. The van der Waals surface area contributed by atoms with E-state index >= 15 is 0 Å². The lowest BCUT2D eigenvalue weighted by Gasteiger charge is -2.15. The van der Waals surface area contributed by atoms with Crippen LogP contribution < -0.4 is 5.73 Å². The number of nitrogens with two attached hydrogens (primary N) is 1. The second-order valence-electron chi connectivity index (χ2n) is 7.38. The summed E-state index contributed by atoms with van der Waals surface area (Å²) in [5, 5.41) is 9.38. The lowest BCUT2D eigenvalue weighted by Crippen LogP contribution is -2.30. The second kappa shape index (κ2) is 7.48. The third-order valence-electron chi connectivity index (χ3n) is 5.13. The Hall–Kier alpha value is -3.60. The quantitative estimate of drug-likeness (QED) is 0.296. The molecule has 33 heavy (non-hydrogen) atoms. The number of hydrogen-bond donors (Lipinski definition) is 2. The zero-order chi connectivity index (χ0) is 24.3. The van der Waals surface area contributed by atoms with Crippen LogP contribution in [-0.4, -0.2) is 23.0 Å². The van der Waals surface area contributed by atoms with Crippen LogP contribution in [0.4, 0.5) is 27.6 Å². The number of phenols is 1. The first-order valence-corrected chi connectivity index (χ1v) is 10.8. The maximum atomic E-state index is 14.5. The van der Waals surface area contributed by atoms with Crippen LogP contribution in [-0.2, 0) is 10.0 Å². The van der Waals surface area contributed by atoms with Gasteiger partial charge in [-0.15, -0.1) is 0 Å². The average molecular weight is 482 g/mol. The van der Waals surface area contributed by atoms with Gasteiger partial charge in [0, 0.05) is 23.2 Å². The highest BCUT2D eigenvalue weighted by molar-refractivity contribution is 7.91. The number of halogens is 5. The van der Waals surface area contributed by atoms with E-state index in [-0.39, 0.29) is 9.36 Å². The lowest BCUT2D eigenvalue weighted by molar-refractivity contribution is -0.0444. The van der Waals surface area contributed by atoms with Gasteiger partial charge in [-0.2, -0.15) is 21.6 Å². The van der Waals surface area contributed by atoms with Gasteiger partial charge in [0.25, 0.3) is 0 Å². The number of nitrogens with zero attached hydrogens (tertiary/aromatic N) is 1. The molecule has 0 spiro atoms. The monoisotopic (exact) mass is 482 g/mol. The molecule has 0 aliphatic heterocycles. The molecule has 0 amide bonds. The molecule has 0 aliphatic rings. The molecule has 0 bridgehead atoms. The summed E-state index contributed by atoms with van der Waals surface area (Å²) in [5.74, 6) is -3.66. The zero-order valence-electron chi connectivity index (χ0n) is 16.8. The van der Waals surface area contributed by atoms with Gasteiger partial charge in [-0.1, -0.05) is 12.1 Å². The number of anilines is 1. The molecule has 5 nitrogen and oxygen atoms in total. The molecule has 4 rings (SSSR count). The number of hydrogen-bond acceptors (Lipinski definition) is 4. The summed E-state index contributed by atoms with van der Waals surface area (Å²) in [4.78, 5) is 0. The standard InChI is InChI=1S/C22H15F5N2O3S/c1-11-6-14(28)3-4-16(11)12-2-5-19-13(7-12)8-20(29(19)33(31,32)22(25,26)27)21-17(23)9-15(30)10-18(21)24/h2-10,30H,28H2,1H3. The first-order chi connectivity index (χ1) is 15.3. The van der Waals surface area contributed by atoms with Crippen molar-refractivity contribution in [3.05, 3.63) is 71.8 Å². The number of rotatable bonds is 3. The molecule has 0 aliphatic carbocycles. The second-order valence-corrected chi connectivity index (χ2v) is 9.16. The summed E-state index contributed by atoms with van der Waals surface area (Å²) in [5.41, 5.74) is 0.143. The molecule has 3 aromatic carbocycles. The first-order valence-electron chi connectivity index (χ1n) is 9.33. The van der Waals surface area contributed by atoms with Crippen molar-refractivity contribution in [1.82, 2.24) is 3.97 Å². The van der Waals surface area contributed by atoms with Crippen molar-refractivity contribution in [3.63, 3.8) is 0 Å². The molecule has 0 radical (unpaired) electrons. The van der Waals surface area contributed by atoms with Crippen molar-refractivity contribution < 1.29 is 35.5 Å². The van der Waals surface area contributed by atoms with Crippen LogP contribution in [0.3, 0.4) is 0 Å². The smallest absolute Gasteiger partial charge is 0.508 e. The van der Waals surface area contributed by atoms with Crippen LogP contribution in [0.25, 0.3) is 33.3 Å². The molecule has 4 aromatic rings. The Kier molecular flexibility index (Phi) is 5.12. The van der Waals surface area contributed by atoms with Crippen molar-refractivity contribution >= 4 is 26.6 Å². The van der Waals surface area contributed by atoms with E-state index in [4.69, 9.17) is 5.73 Å². The minimum absolute atomic E-state index is 0.00146. The summed E-state index contributed by atoms with van der Waals surface area (Å²) in [6.45, 7) is 1.77. The van der Waals surface area contributed by atoms with E-state index in [9.17, 15) is 35.5 Å². The van der Waals surface area contributed by atoms with Gasteiger partial charge in [0.15, 0.2) is 0 Å². The number of fused-ring (bicyclic) bond motifs is 1. The molecular weight excluding hydrogens is 467 g/mol. The van der Waals surface area contributed by atoms with E-state index in [1.54, 1.807) is 25.1 Å². The minimum atomic E-state index is -6.07. The Morgan fingerprint density at radius 1 is 0.939 bits per heavy atom. The normalized spacial score (nSPS) is 12.4. The topological polar surface area (TPSA) is 85.3 Å². The Labute approximate surface area is 184 Å². The highest BCUT2D eigenvalue weighted by Gasteiger charge is 2.49. The predicted molar refractivity (Wildman–Crippen MR) is 114 cm³/mol. The van der Waals surface area contributed by atoms with Crippen LogP contribution in [0.5, 0.6) is 5.75 Å². The number of nitrogen functional groups attached to an aromatic ring is 1. The van der Waals surface area contributed by atoms with E-state index < -0.39 is 49.7 Å². The summed E-state index contributed by atoms with van der Waals surface area (Å²) >= 11 is 0. The SMILES string of the molecule is Cc1cc(N)ccc1-c1ccc2c(c1)cc(-c1c(F)cc(O)cc1F)n2S(=O)(=O)C(F)(F)F. The van der Waals surface area contributed by atoms with E-state index in [0.29, 0.717) is 28.9 Å². The number of phenolic OH excluding ortho intramolecular Hbond substituents is 1. The third-order valence-corrected chi connectivity index (χ3v) is 6.59. The van der Waals surface area contributed by atoms with Gasteiger partial charge in [0.2, 0.25) is 0 Å². The number of alkyl halides is 3. The van der Waals surface area contributed by atoms with E-state index in [2.05, 4.69) is 0 Å². The van der Waals surface area contributed by atoms with Crippen LogP contribution in [0.2, 0.25) is 0 Å². The molecule has 0 atom stereocenters. The Balaban J connectivity index is 2.08. The van der Waals surface area contributed by atoms with E-state index in [0.717, 1.165) is 17.7 Å².